The zero-order chi connectivity index (χ0) is 17.2. The highest BCUT2D eigenvalue weighted by Crippen LogP contribution is 2.21. The molecule has 3 aromatic rings. The summed E-state index contributed by atoms with van der Waals surface area (Å²) in [7, 11) is 0. The van der Waals surface area contributed by atoms with E-state index in [0.717, 1.165) is 61.7 Å². The molecular formula is C19H22FN5. The maximum Gasteiger partial charge on any atom is 0.154 e. The van der Waals surface area contributed by atoms with Gasteiger partial charge in [-0.25, -0.2) is 13.9 Å². The molecule has 4 rings (SSSR count). The van der Waals surface area contributed by atoms with Crippen molar-refractivity contribution in [2.24, 2.45) is 0 Å². The van der Waals surface area contributed by atoms with Gasteiger partial charge in [-0.3, -0.25) is 4.90 Å². The van der Waals surface area contributed by atoms with Crippen LogP contribution in [0.15, 0.2) is 42.7 Å². The Morgan fingerprint density at radius 2 is 1.92 bits per heavy atom. The van der Waals surface area contributed by atoms with Crippen molar-refractivity contribution in [3.63, 3.8) is 0 Å². The summed E-state index contributed by atoms with van der Waals surface area (Å²) in [6.45, 7) is 6.78. The van der Waals surface area contributed by atoms with Gasteiger partial charge in [0.1, 0.15) is 11.3 Å². The smallest absolute Gasteiger partial charge is 0.154 e. The second-order valence-corrected chi connectivity index (χ2v) is 6.61. The molecule has 0 spiro atoms. The number of hydrogen-bond donors (Lipinski definition) is 0. The molecule has 0 amide bonds. The van der Waals surface area contributed by atoms with Gasteiger partial charge >= 0.3 is 0 Å². The number of hydrogen-bond acceptors (Lipinski definition) is 4. The quantitative estimate of drug-likeness (QED) is 0.735. The van der Waals surface area contributed by atoms with Crippen LogP contribution in [0.25, 0.3) is 5.52 Å². The fourth-order valence-electron chi connectivity index (χ4n) is 3.46. The van der Waals surface area contributed by atoms with Crippen molar-refractivity contribution in [2.45, 2.75) is 19.9 Å². The van der Waals surface area contributed by atoms with Crippen molar-refractivity contribution in [3.8, 4) is 0 Å². The molecular weight excluding hydrogens is 317 g/mol. The molecule has 0 atom stereocenters. The molecule has 1 aliphatic rings. The number of benzene rings is 1. The van der Waals surface area contributed by atoms with Crippen LogP contribution in [0, 0.1) is 12.7 Å². The highest BCUT2D eigenvalue weighted by molar-refractivity contribution is 5.69. The van der Waals surface area contributed by atoms with Crippen molar-refractivity contribution < 1.29 is 4.39 Å². The first-order chi connectivity index (χ1) is 12.2. The molecule has 130 valence electrons. The minimum atomic E-state index is -0.180. The lowest BCUT2D eigenvalue weighted by Gasteiger charge is -2.23. The first kappa shape index (κ1) is 16.0. The molecule has 1 aromatic carbocycles. The maximum absolute atomic E-state index is 13.1. The SMILES string of the molecule is Cc1cc2c(N3CCCN(Cc4ccc(F)cc4)CC3)nccn2n1. The molecule has 1 fully saturated rings. The Labute approximate surface area is 146 Å². The van der Waals surface area contributed by atoms with Gasteiger partial charge in [-0.2, -0.15) is 5.10 Å². The molecule has 3 heterocycles. The van der Waals surface area contributed by atoms with Gasteiger partial charge in [0, 0.05) is 45.1 Å². The molecule has 0 saturated carbocycles. The maximum atomic E-state index is 13.1. The number of aromatic nitrogens is 3. The summed E-state index contributed by atoms with van der Waals surface area (Å²) in [5.74, 6) is 0.827. The number of aryl methyl sites for hydroxylation is 1. The summed E-state index contributed by atoms with van der Waals surface area (Å²) in [6, 6.07) is 8.90. The van der Waals surface area contributed by atoms with Gasteiger partial charge in [0.15, 0.2) is 5.82 Å². The molecule has 2 aromatic heterocycles. The largest absolute Gasteiger partial charge is 0.353 e. The van der Waals surface area contributed by atoms with Crippen molar-refractivity contribution in [3.05, 3.63) is 59.8 Å². The third-order valence-electron chi connectivity index (χ3n) is 4.70. The Hall–Kier alpha value is -2.47. The van der Waals surface area contributed by atoms with Crippen LogP contribution in [0.4, 0.5) is 10.2 Å². The zero-order valence-corrected chi connectivity index (χ0v) is 14.4. The van der Waals surface area contributed by atoms with E-state index in [2.05, 4.69) is 25.9 Å². The van der Waals surface area contributed by atoms with Crippen LogP contribution in [0.2, 0.25) is 0 Å². The lowest BCUT2D eigenvalue weighted by molar-refractivity contribution is 0.285. The molecule has 0 bridgehead atoms. The summed E-state index contributed by atoms with van der Waals surface area (Å²) in [5.41, 5.74) is 3.22. The van der Waals surface area contributed by atoms with E-state index in [4.69, 9.17) is 0 Å². The summed E-state index contributed by atoms with van der Waals surface area (Å²) in [5, 5.41) is 4.48. The average molecular weight is 339 g/mol. The van der Waals surface area contributed by atoms with Crippen LogP contribution in [-0.4, -0.2) is 45.7 Å². The molecule has 0 unspecified atom stereocenters. The molecule has 25 heavy (non-hydrogen) atoms. The first-order valence-corrected chi connectivity index (χ1v) is 8.72. The molecule has 1 saturated heterocycles. The van der Waals surface area contributed by atoms with Crippen LogP contribution in [0.5, 0.6) is 0 Å². The first-order valence-electron chi connectivity index (χ1n) is 8.72. The van der Waals surface area contributed by atoms with E-state index >= 15 is 0 Å². The minimum absolute atomic E-state index is 0.180. The molecule has 0 N–H and O–H groups in total. The highest BCUT2D eigenvalue weighted by atomic mass is 19.1. The monoisotopic (exact) mass is 339 g/mol. The van der Waals surface area contributed by atoms with E-state index in [0.29, 0.717) is 0 Å². The second kappa shape index (κ2) is 6.80. The Balaban J connectivity index is 1.48. The highest BCUT2D eigenvalue weighted by Gasteiger charge is 2.18. The number of nitrogens with zero attached hydrogens (tertiary/aromatic N) is 5. The van der Waals surface area contributed by atoms with E-state index in [-0.39, 0.29) is 5.82 Å². The van der Waals surface area contributed by atoms with Crippen LogP contribution in [0.1, 0.15) is 17.7 Å². The summed E-state index contributed by atoms with van der Waals surface area (Å²) < 4.78 is 15.0. The van der Waals surface area contributed by atoms with Gasteiger partial charge in [0.05, 0.1) is 5.69 Å². The minimum Gasteiger partial charge on any atom is -0.353 e. The Bertz CT molecular complexity index is 858. The van der Waals surface area contributed by atoms with Gasteiger partial charge in [-0.1, -0.05) is 12.1 Å². The number of anilines is 1. The van der Waals surface area contributed by atoms with E-state index in [1.54, 1.807) is 0 Å². The standard InChI is InChI=1S/C19H22FN5/c1-15-13-18-19(21-7-10-25(18)22-15)24-9-2-8-23(11-12-24)14-16-3-5-17(20)6-4-16/h3-7,10,13H,2,8-9,11-12,14H2,1H3. The van der Waals surface area contributed by atoms with Crippen molar-refractivity contribution in [1.82, 2.24) is 19.5 Å². The van der Waals surface area contributed by atoms with Crippen LogP contribution < -0.4 is 4.90 Å². The second-order valence-electron chi connectivity index (χ2n) is 6.61. The van der Waals surface area contributed by atoms with Gasteiger partial charge < -0.3 is 4.90 Å². The Kier molecular flexibility index (Phi) is 4.36. The molecule has 5 nitrogen and oxygen atoms in total. The lowest BCUT2D eigenvalue weighted by atomic mass is 10.2. The predicted molar refractivity (Wildman–Crippen MR) is 96.2 cm³/mol. The van der Waals surface area contributed by atoms with Crippen LogP contribution in [0.3, 0.4) is 0 Å². The normalized spacial score (nSPS) is 16.3. The third-order valence-corrected chi connectivity index (χ3v) is 4.70. The van der Waals surface area contributed by atoms with Crippen molar-refractivity contribution in [1.29, 1.82) is 0 Å². The van der Waals surface area contributed by atoms with E-state index < -0.39 is 0 Å². The fraction of sp³-hybridized carbons (Fsp3) is 0.368. The fourth-order valence-corrected chi connectivity index (χ4v) is 3.46. The van der Waals surface area contributed by atoms with E-state index in [1.165, 1.54) is 12.1 Å². The van der Waals surface area contributed by atoms with E-state index in [1.807, 2.05) is 36.0 Å². The zero-order valence-electron chi connectivity index (χ0n) is 14.4. The summed E-state index contributed by atoms with van der Waals surface area (Å²) in [6.07, 6.45) is 4.79. The van der Waals surface area contributed by atoms with E-state index in [9.17, 15) is 4.39 Å². The van der Waals surface area contributed by atoms with Crippen LogP contribution >= 0.6 is 0 Å². The topological polar surface area (TPSA) is 36.7 Å². The molecule has 0 aliphatic carbocycles. The van der Waals surface area contributed by atoms with Gasteiger partial charge in [-0.15, -0.1) is 0 Å². The number of fused-ring (bicyclic) bond motifs is 1. The average Bonchev–Trinajstić information content (AvgIpc) is 2.84. The summed E-state index contributed by atoms with van der Waals surface area (Å²) >= 11 is 0. The third kappa shape index (κ3) is 3.49. The van der Waals surface area contributed by atoms with Crippen molar-refractivity contribution >= 4 is 11.3 Å². The van der Waals surface area contributed by atoms with Crippen molar-refractivity contribution in [2.75, 3.05) is 31.1 Å². The molecule has 1 aliphatic heterocycles. The lowest BCUT2D eigenvalue weighted by Crippen LogP contribution is -2.31. The Morgan fingerprint density at radius 1 is 1.08 bits per heavy atom. The Morgan fingerprint density at radius 3 is 2.76 bits per heavy atom. The van der Waals surface area contributed by atoms with Gasteiger partial charge in [0.2, 0.25) is 0 Å². The predicted octanol–water partition coefficient (Wildman–Crippen LogP) is 2.89. The van der Waals surface area contributed by atoms with Gasteiger partial charge in [0.25, 0.3) is 0 Å². The molecule has 6 heteroatoms. The van der Waals surface area contributed by atoms with Crippen LogP contribution in [-0.2, 0) is 6.54 Å². The summed E-state index contributed by atoms with van der Waals surface area (Å²) in [4.78, 5) is 9.38. The number of halogens is 1. The molecule has 0 radical (unpaired) electrons. The number of rotatable bonds is 3. The van der Waals surface area contributed by atoms with Gasteiger partial charge in [-0.05, 0) is 37.1 Å².